The van der Waals surface area contributed by atoms with E-state index in [9.17, 15) is 19.5 Å². The molecule has 170 valence electrons. The standard InChI is InChI=1S/C25H28O7/c1-4-31-23(27)21-19(26)15-25(29,17-9-7-6-8-10-17)22(24(28)32-5-2)20(21)16-11-13-18(30-3)14-12-16/h6-14,20-22,29H,4-5,15H2,1-3H3/t20-,21+,22+,25+/m0/s1. The number of carbonyl (C=O) groups is 3. The number of Topliss-reactive ketones (excluding diaryl/α,β-unsaturated/α-hetero) is 1. The maximum absolute atomic E-state index is 13.3. The predicted octanol–water partition coefficient (Wildman–Crippen LogP) is 3.00. The normalized spacial score (nSPS) is 25.1. The number of esters is 2. The topological polar surface area (TPSA) is 99.1 Å². The third-order valence-electron chi connectivity index (χ3n) is 5.88. The smallest absolute Gasteiger partial charge is 0.317 e. The molecule has 1 aliphatic carbocycles. The lowest BCUT2D eigenvalue weighted by Crippen LogP contribution is -2.55. The largest absolute Gasteiger partial charge is 0.497 e. The first-order valence-electron chi connectivity index (χ1n) is 10.6. The minimum absolute atomic E-state index is 0.0883. The first-order chi connectivity index (χ1) is 15.4. The number of carbonyl (C=O) groups excluding carboxylic acids is 3. The average molecular weight is 440 g/mol. The first kappa shape index (κ1) is 23.5. The molecule has 0 aliphatic heterocycles. The molecule has 0 unspecified atom stereocenters. The molecule has 0 saturated heterocycles. The second-order valence-electron chi connectivity index (χ2n) is 7.69. The van der Waals surface area contributed by atoms with Gasteiger partial charge in [-0.2, -0.15) is 0 Å². The average Bonchev–Trinajstić information content (AvgIpc) is 2.79. The van der Waals surface area contributed by atoms with E-state index in [1.165, 1.54) is 7.11 Å². The van der Waals surface area contributed by atoms with Gasteiger partial charge in [0.25, 0.3) is 0 Å². The fraction of sp³-hybridized carbons (Fsp3) is 0.400. The molecule has 7 heteroatoms. The summed E-state index contributed by atoms with van der Waals surface area (Å²) in [5, 5.41) is 11.8. The Kier molecular flexibility index (Phi) is 7.30. The van der Waals surface area contributed by atoms with Crippen LogP contribution in [0.3, 0.4) is 0 Å². The number of benzene rings is 2. The molecule has 0 aromatic heterocycles. The zero-order chi connectivity index (χ0) is 23.3. The molecular weight excluding hydrogens is 412 g/mol. The summed E-state index contributed by atoms with van der Waals surface area (Å²) in [7, 11) is 1.52. The molecule has 0 spiro atoms. The van der Waals surface area contributed by atoms with Crippen LogP contribution >= 0.6 is 0 Å². The van der Waals surface area contributed by atoms with E-state index in [0.717, 1.165) is 0 Å². The van der Waals surface area contributed by atoms with E-state index in [2.05, 4.69) is 0 Å². The Morgan fingerprint density at radius 2 is 1.56 bits per heavy atom. The Bertz CT molecular complexity index is 954. The van der Waals surface area contributed by atoms with Gasteiger partial charge < -0.3 is 19.3 Å². The molecule has 1 aliphatic rings. The highest BCUT2D eigenvalue weighted by Gasteiger charge is 2.59. The molecule has 1 fully saturated rings. The van der Waals surface area contributed by atoms with Crippen LogP contribution in [0.15, 0.2) is 54.6 Å². The van der Waals surface area contributed by atoms with Gasteiger partial charge in [-0.15, -0.1) is 0 Å². The Morgan fingerprint density at radius 1 is 0.969 bits per heavy atom. The van der Waals surface area contributed by atoms with Crippen LogP contribution in [-0.4, -0.2) is 43.2 Å². The van der Waals surface area contributed by atoms with E-state index in [-0.39, 0.29) is 13.2 Å². The number of ketones is 1. The Balaban J connectivity index is 2.22. The van der Waals surface area contributed by atoms with Crippen molar-refractivity contribution in [3.8, 4) is 5.75 Å². The number of ether oxygens (including phenoxy) is 3. The van der Waals surface area contributed by atoms with Crippen molar-refractivity contribution in [2.75, 3.05) is 20.3 Å². The van der Waals surface area contributed by atoms with Crippen LogP contribution < -0.4 is 4.74 Å². The minimum atomic E-state index is -1.85. The monoisotopic (exact) mass is 440 g/mol. The van der Waals surface area contributed by atoms with Crippen LogP contribution in [0.2, 0.25) is 0 Å². The molecule has 0 bridgehead atoms. The molecule has 1 saturated carbocycles. The molecular formula is C25H28O7. The number of methoxy groups -OCH3 is 1. The zero-order valence-corrected chi connectivity index (χ0v) is 18.4. The second-order valence-corrected chi connectivity index (χ2v) is 7.69. The molecule has 0 heterocycles. The lowest BCUT2D eigenvalue weighted by Gasteiger charge is -2.45. The molecule has 4 atom stereocenters. The first-order valence-corrected chi connectivity index (χ1v) is 10.6. The Hall–Kier alpha value is -3.19. The van der Waals surface area contributed by atoms with E-state index in [1.807, 2.05) is 0 Å². The maximum atomic E-state index is 13.3. The van der Waals surface area contributed by atoms with Gasteiger partial charge in [-0.25, -0.2) is 0 Å². The summed E-state index contributed by atoms with van der Waals surface area (Å²) in [6.45, 7) is 3.49. The van der Waals surface area contributed by atoms with Crippen molar-refractivity contribution < 1.29 is 33.7 Å². The van der Waals surface area contributed by atoms with Gasteiger partial charge >= 0.3 is 11.9 Å². The molecule has 3 rings (SSSR count). The van der Waals surface area contributed by atoms with Crippen molar-refractivity contribution in [2.45, 2.75) is 31.8 Å². The van der Waals surface area contributed by atoms with Crippen molar-refractivity contribution in [3.63, 3.8) is 0 Å². The van der Waals surface area contributed by atoms with Gasteiger partial charge in [0.15, 0.2) is 5.78 Å². The fourth-order valence-electron chi connectivity index (χ4n) is 4.48. The third kappa shape index (κ3) is 4.39. The number of hydrogen-bond acceptors (Lipinski definition) is 7. The summed E-state index contributed by atoms with van der Waals surface area (Å²) in [4.78, 5) is 39.4. The number of rotatable bonds is 7. The zero-order valence-electron chi connectivity index (χ0n) is 18.4. The van der Waals surface area contributed by atoms with Gasteiger partial charge in [0.05, 0.1) is 26.2 Å². The van der Waals surface area contributed by atoms with Crippen molar-refractivity contribution >= 4 is 17.7 Å². The van der Waals surface area contributed by atoms with Gasteiger partial charge in [-0.1, -0.05) is 42.5 Å². The summed E-state index contributed by atoms with van der Waals surface area (Å²) in [5.41, 5.74) is -0.908. The van der Waals surface area contributed by atoms with E-state index < -0.39 is 47.5 Å². The summed E-state index contributed by atoms with van der Waals surface area (Å²) in [5.74, 6) is -4.74. The van der Waals surface area contributed by atoms with Crippen LogP contribution in [-0.2, 0) is 29.5 Å². The SMILES string of the molecule is CCOC(=O)[C@@H]1C(=O)C[C@@](O)(c2ccccc2)[C@@H](C(=O)OCC)[C@H]1c1ccc(OC)cc1. The molecule has 0 amide bonds. The van der Waals surface area contributed by atoms with Crippen LogP contribution in [0.1, 0.15) is 37.3 Å². The summed E-state index contributed by atoms with van der Waals surface area (Å²) < 4.78 is 15.7. The van der Waals surface area contributed by atoms with Gasteiger partial charge in [-0.3, -0.25) is 14.4 Å². The molecule has 0 radical (unpaired) electrons. The number of aliphatic hydroxyl groups is 1. The molecule has 7 nitrogen and oxygen atoms in total. The predicted molar refractivity (Wildman–Crippen MR) is 116 cm³/mol. The van der Waals surface area contributed by atoms with E-state index in [4.69, 9.17) is 14.2 Å². The lowest BCUT2D eigenvalue weighted by atomic mass is 9.59. The van der Waals surface area contributed by atoms with Crippen molar-refractivity contribution in [3.05, 3.63) is 65.7 Å². The lowest BCUT2D eigenvalue weighted by molar-refractivity contribution is -0.176. The van der Waals surface area contributed by atoms with Gasteiger partial charge in [0.2, 0.25) is 0 Å². The van der Waals surface area contributed by atoms with Gasteiger partial charge in [-0.05, 0) is 37.1 Å². The van der Waals surface area contributed by atoms with Crippen LogP contribution in [0.4, 0.5) is 0 Å². The maximum Gasteiger partial charge on any atom is 0.317 e. The second kappa shape index (κ2) is 9.96. The molecule has 32 heavy (non-hydrogen) atoms. The quantitative estimate of drug-likeness (QED) is 0.522. The summed E-state index contributed by atoms with van der Waals surface area (Å²) in [6, 6.07) is 15.3. The van der Waals surface area contributed by atoms with Crippen molar-refractivity contribution in [2.24, 2.45) is 11.8 Å². The van der Waals surface area contributed by atoms with E-state index in [0.29, 0.717) is 16.9 Å². The molecule has 1 N–H and O–H groups in total. The van der Waals surface area contributed by atoms with Gasteiger partial charge in [0.1, 0.15) is 17.3 Å². The molecule has 2 aromatic carbocycles. The highest BCUT2D eigenvalue weighted by atomic mass is 16.5. The van der Waals surface area contributed by atoms with Crippen molar-refractivity contribution in [1.29, 1.82) is 0 Å². The fourth-order valence-corrected chi connectivity index (χ4v) is 4.48. The number of hydrogen-bond donors (Lipinski definition) is 1. The summed E-state index contributed by atoms with van der Waals surface area (Å²) >= 11 is 0. The highest BCUT2D eigenvalue weighted by molar-refractivity contribution is 6.03. The van der Waals surface area contributed by atoms with Crippen molar-refractivity contribution in [1.82, 2.24) is 0 Å². The minimum Gasteiger partial charge on any atom is -0.497 e. The van der Waals surface area contributed by atoms with E-state index >= 15 is 0 Å². The molecule has 2 aromatic rings. The van der Waals surface area contributed by atoms with E-state index in [1.54, 1.807) is 68.4 Å². The van der Waals surface area contributed by atoms with Crippen LogP contribution in [0.5, 0.6) is 5.75 Å². The summed E-state index contributed by atoms with van der Waals surface area (Å²) in [6.07, 6.45) is -0.406. The highest BCUT2D eigenvalue weighted by Crippen LogP contribution is 2.51. The van der Waals surface area contributed by atoms with Crippen LogP contribution in [0, 0.1) is 11.8 Å². The third-order valence-corrected chi connectivity index (χ3v) is 5.88. The Labute approximate surface area is 187 Å². The van der Waals surface area contributed by atoms with Crippen LogP contribution in [0.25, 0.3) is 0 Å². The van der Waals surface area contributed by atoms with Gasteiger partial charge in [0, 0.05) is 12.3 Å². The Morgan fingerprint density at radius 3 is 2.12 bits per heavy atom.